The maximum absolute atomic E-state index is 13.4. The van der Waals surface area contributed by atoms with Gasteiger partial charge in [0.2, 0.25) is 0 Å². The van der Waals surface area contributed by atoms with Crippen molar-refractivity contribution >= 4 is 17.1 Å². The fourth-order valence-corrected chi connectivity index (χ4v) is 7.68. The minimum Gasteiger partial charge on any atom is -0.497 e. The minimum absolute atomic E-state index is 0. The Morgan fingerprint density at radius 3 is 1.08 bits per heavy atom. The number of rotatable bonds is 10. The van der Waals surface area contributed by atoms with Crippen LogP contribution in [0.1, 0.15) is 0 Å². The molecular formula is C69H46F7Ir4N6O2-5. The molecule has 0 unspecified atom stereocenters. The number of para-hydroxylation sites is 2. The number of hydrogen-bond donors (Lipinski definition) is 0. The van der Waals surface area contributed by atoms with Gasteiger partial charge in [0, 0.05) is 169 Å². The first-order valence-corrected chi connectivity index (χ1v) is 25.4. The molecule has 88 heavy (non-hydrogen) atoms. The number of halogens is 7. The number of pyridine rings is 5. The van der Waals surface area contributed by atoms with Crippen molar-refractivity contribution in [3.05, 3.63) is 314 Å². The van der Waals surface area contributed by atoms with E-state index in [-0.39, 0.29) is 109 Å². The van der Waals surface area contributed by atoms with Gasteiger partial charge in [-0.3, -0.25) is 30.7 Å². The Kier molecular flexibility index (Phi) is 30.8. The summed E-state index contributed by atoms with van der Waals surface area (Å²) in [7, 11) is 3.09. The third-order valence-corrected chi connectivity index (χ3v) is 11.7. The van der Waals surface area contributed by atoms with Crippen molar-refractivity contribution in [3.63, 3.8) is 0 Å². The summed E-state index contributed by atoms with van der Waals surface area (Å²) in [6.07, 6.45) is 8.15. The molecule has 0 amide bonds. The number of hydrogen-bond acceptors (Lipinski definition) is 8. The Morgan fingerprint density at radius 2 is 0.670 bits per heavy atom. The maximum Gasteiger partial charge on any atom is 0.113 e. The van der Waals surface area contributed by atoms with Crippen molar-refractivity contribution in [1.82, 2.24) is 24.9 Å². The molecule has 0 spiro atoms. The smallest absolute Gasteiger partial charge is 0.113 e. The van der Waals surface area contributed by atoms with Crippen LogP contribution in [-0.4, -0.2) is 39.1 Å². The van der Waals surface area contributed by atoms with Crippen LogP contribution in [0.5, 0.6) is 11.5 Å². The molecule has 0 atom stereocenters. The van der Waals surface area contributed by atoms with Crippen LogP contribution in [0.2, 0.25) is 0 Å². The van der Waals surface area contributed by atoms with Crippen molar-refractivity contribution < 1.29 is 121 Å². The van der Waals surface area contributed by atoms with Crippen LogP contribution >= 0.6 is 0 Å². The fourth-order valence-electron chi connectivity index (χ4n) is 7.68. The Morgan fingerprint density at radius 1 is 0.307 bits per heavy atom. The van der Waals surface area contributed by atoms with E-state index in [0.29, 0.717) is 22.8 Å². The molecule has 0 fully saturated rings. The third-order valence-electron chi connectivity index (χ3n) is 11.7. The van der Waals surface area contributed by atoms with E-state index in [0.717, 1.165) is 75.2 Å². The van der Waals surface area contributed by atoms with Gasteiger partial charge in [-0.2, -0.15) is 0 Å². The van der Waals surface area contributed by atoms with Crippen molar-refractivity contribution in [2.75, 3.05) is 19.1 Å². The molecule has 5 aromatic heterocycles. The second-order valence-electron chi connectivity index (χ2n) is 17.3. The number of anilines is 3. The van der Waals surface area contributed by atoms with Crippen molar-refractivity contribution in [3.8, 4) is 67.8 Å². The summed E-state index contributed by atoms with van der Waals surface area (Å²) in [5.41, 5.74) is 8.79. The molecule has 0 aliphatic carbocycles. The SMILES string of the molecule is COc1ccnc(-c2[c-]cc(F)cc2)c1.COc1ccnc(-c2[c-]cc(F)cc2F)c1.Fc1c[c-]c(-c2cc(N(c3ccccc3)c3ccccc3)ccn2)cc1.Fc1c[c-]c(-c2ccccn2)c(F)c1.Fc1c[c-]c(-c2ccccn2)cc1.[Ir].[Ir].[Ir].[Ir]. The quantitative estimate of drug-likeness (QED) is 0.0989. The first-order valence-electron chi connectivity index (χ1n) is 25.4. The van der Waals surface area contributed by atoms with Gasteiger partial charge < -0.3 is 39.3 Å². The van der Waals surface area contributed by atoms with Gasteiger partial charge in [-0.1, -0.05) is 90.0 Å². The maximum atomic E-state index is 13.4. The molecule has 8 nitrogen and oxygen atoms in total. The molecule has 4 radical (unpaired) electrons. The third kappa shape index (κ3) is 21.6. The summed E-state index contributed by atoms with van der Waals surface area (Å²) in [6, 6.07) is 72.2. The largest absolute Gasteiger partial charge is 0.497 e. The predicted molar refractivity (Wildman–Crippen MR) is 310 cm³/mol. The van der Waals surface area contributed by atoms with E-state index < -0.39 is 23.3 Å². The molecule has 0 saturated carbocycles. The first kappa shape index (κ1) is 72.3. The molecular weight excluding hydrogens is 1850 g/mol. The van der Waals surface area contributed by atoms with E-state index >= 15 is 0 Å². The Bertz CT molecular complexity index is 3940. The van der Waals surface area contributed by atoms with Crippen LogP contribution in [0.4, 0.5) is 47.8 Å². The Labute approximate surface area is 559 Å². The van der Waals surface area contributed by atoms with Gasteiger partial charge in [0.15, 0.2) is 0 Å². The van der Waals surface area contributed by atoms with E-state index in [1.165, 1.54) is 49.7 Å². The molecule has 5 heterocycles. The van der Waals surface area contributed by atoms with Gasteiger partial charge in [-0.05, 0) is 95.2 Å². The zero-order valence-corrected chi connectivity index (χ0v) is 55.7. The molecule has 19 heteroatoms. The van der Waals surface area contributed by atoms with Gasteiger partial charge >= 0.3 is 0 Å². The summed E-state index contributed by atoms with van der Waals surface area (Å²) in [6.45, 7) is 0. The summed E-state index contributed by atoms with van der Waals surface area (Å²) in [5, 5.41) is 0. The first-order chi connectivity index (χ1) is 40.9. The average molecular weight is 1890 g/mol. The average Bonchev–Trinajstić information content (AvgIpc) is 2.77. The van der Waals surface area contributed by atoms with E-state index in [4.69, 9.17) is 9.47 Å². The van der Waals surface area contributed by atoms with Crippen LogP contribution in [-0.2, 0) is 80.4 Å². The monoisotopic (exact) mass is 1900 g/mol. The van der Waals surface area contributed by atoms with Crippen LogP contribution < -0.4 is 14.4 Å². The standard InChI is InChI=1S/C23H16FN2.C12H8F2NO.C12H9FNO.C11H6F2N.C11H7FN.4Ir/c24-19-13-11-18(12-14-19)23-17-22(15-16-25-23)26(20-7-3-1-4-8-20)21-9-5-2-6-10-21;1-16-9-4-5-15-12(7-9)10-3-2-8(13)6-11(10)14;1-15-11-6-7-14-12(8-11)9-2-4-10(13)5-3-9;12-8-4-5-9(10(13)7-8)11-3-1-2-6-14-11;12-10-6-4-9(5-7-10)11-3-1-2-8-13-11;;;;/h1-11,13-17H;2,4-7H,1H3;2,4-8H,1H3;1-4,6-7H;1-4,6-8H;;;;/q5*-1;;;;. The second-order valence-corrected chi connectivity index (χ2v) is 17.3. The van der Waals surface area contributed by atoms with Crippen LogP contribution in [0.15, 0.2) is 243 Å². The van der Waals surface area contributed by atoms with E-state index in [1.54, 1.807) is 92.6 Å². The summed E-state index contributed by atoms with van der Waals surface area (Å²) >= 11 is 0. The van der Waals surface area contributed by atoms with Gasteiger partial charge in [-0.15, -0.1) is 114 Å². The van der Waals surface area contributed by atoms with Gasteiger partial charge in [-0.25, -0.2) is 0 Å². The topological polar surface area (TPSA) is 86.2 Å². The molecule has 0 aliphatic heterocycles. The van der Waals surface area contributed by atoms with Crippen LogP contribution in [0, 0.1) is 71.1 Å². The van der Waals surface area contributed by atoms with Crippen LogP contribution in [0.25, 0.3) is 56.3 Å². The summed E-state index contributed by atoms with van der Waals surface area (Å²) in [5.74, 6) is -2.25. The molecule has 7 aromatic carbocycles. The molecule has 0 saturated heterocycles. The Balaban J connectivity index is 0.000000239. The van der Waals surface area contributed by atoms with Gasteiger partial charge in [0.1, 0.15) is 11.5 Å². The Hall–Kier alpha value is -8.20. The van der Waals surface area contributed by atoms with Crippen molar-refractivity contribution in [1.29, 1.82) is 0 Å². The molecule has 0 aliphatic rings. The van der Waals surface area contributed by atoms with Crippen molar-refractivity contribution in [2.24, 2.45) is 0 Å². The zero-order valence-electron chi connectivity index (χ0n) is 46.1. The predicted octanol–water partition coefficient (Wildman–Crippen LogP) is 17.2. The zero-order chi connectivity index (χ0) is 59.0. The van der Waals surface area contributed by atoms with E-state index in [1.807, 2.05) is 66.7 Å². The van der Waals surface area contributed by atoms with Gasteiger partial charge in [0.05, 0.1) is 14.2 Å². The number of methoxy groups -OCH3 is 2. The molecule has 12 rings (SSSR count). The van der Waals surface area contributed by atoms with Crippen molar-refractivity contribution in [2.45, 2.75) is 0 Å². The fraction of sp³-hybridized carbons (Fsp3) is 0.0290. The number of nitrogens with zero attached hydrogens (tertiary/aromatic N) is 6. The number of ether oxygens (including phenoxy) is 2. The molecule has 0 N–H and O–H groups in total. The minimum atomic E-state index is -0.694. The summed E-state index contributed by atoms with van der Waals surface area (Å²) < 4.78 is 100. The van der Waals surface area contributed by atoms with E-state index in [2.05, 4.69) is 84.4 Å². The molecule has 0 bridgehead atoms. The summed E-state index contributed by atoms with van der Waals surface area (Å²) in [4.78, 5) is 22.8. The van der Waals surface area contributed by atoms with Gasteiger partial charge in [0.25, 0.3) is 0 Å². The molecule has 12 aromatic rings. The second kappa shape index (κ2) is 37.5. The van der Waals surface area contributed by atoms with E-state index in [9.17, 15) is 30.7 Å². The number of benzene rings is 7. The molecule has 454 valence electrons. The number of aromatic nitrogens is 5. The van der Waals surface area contributed by atoms with Crippen LogP contribution in [0.3, 0.4) is 0 Å². The normalized spacial score (nSPS) is 9.74.